The van der Waals surface area contributed by atoms with E-state index in [0.29, 0.717) is 62.8 Å². The molecule has 12 heteroatoms. The number of nitriles is 1. The van der Waals surface area contributed by atoms with Crippen LogP contribution in [0.2, 0.25) is 0 Å². The number of nitrogens with one attached hydrogen (secondary N) is 1. The minimum atomic E-state index is -0.575. The second-order valence-electron chi connectivity index (χ2n) is 10.7. The van der Waals surface area contributed by atoms with E-state index < -0.39 is 11.9 Å². The van der Waals surface area contributed by atoms with Crippen LogP contribution in [0.3, 0.4) is 0 Å². The molecule has 1 aliphatic rings. The number of pyridine rings is 1. The monoisotopic (exact) mass is 678 g/mol. The third kappa shape index (κ3) is 5.48. The van der Waals surface area contributed by atoms with Crippen molar-refractivity contribution in [2.75, 3.05) is 36.8 Å². The summed E-state index contributed by atoms with van der Waals surface area (Å²) < 4.78 is 14.7. The van der Waals surface area contributed by atoms with E-state index in [1.807, 2.05) is 83.8 Å². The Kier molecular flexibility index (Phi) is 9.52. The maximum Gasteiger partial charge on any atom is 0.357 e. The quantitative estimate of drug-likeness (QED) is 0.113. The van der Waals surface area contributed by atoms with Crippen molar-refractivity contribution in [3.05, 3.63) is 94.9 Å². The Labute approximate surface area is 286 Å². The molecular weight excluding hydrogens is 645 g/mol. The molecule has 5 aromatic rings. The van der Waals surface area contributed by atoms with Gasteiger partial charge >= 0.3 is 11.9 Å². The fraction of sp³-hybridized carbons (Fsp3) is 0.222. The number of fused-ring (bicyclic) bond motifs is 2. The van der Waals surface area contributed by atoms with E-state index >= 15 is 0 Å². The van der Waals surface area contributed by atoms with Crippen molar-refractivity contribution in [1.29, 1.82) is 5.26 Å². The average Bonchev–Trinajstić information content (AvgIpc) is 3.62. The molecule has 3 aromatic heterocycles. The molecule has 0 unspecified atom stereocenters. The van der Waals surface area contributed by atoms with Crippen molar-refractivity contribution in [2.24, 2.45) is 0 Å². The average molecular weight is 679 g/mol. The van der Waals surface area contributed by atoms with Crippen molar-refractivity contribution >= 4 is 63.4 Å². The number of thioether (sulfide) groups is 2. The molecule has 1 aliphatic carbocycles. The molecule has 3 N–H and O–H groups in total. The first-order valence-corrected chi connectivity index (χ1v) is 17.9. The number of anilines is 2. The summed E-state index contributed by atoms with van der Waals surface area (Å²) in [6, 6.07) is 21.3. The van der Waals surface area contributed by atoms with Crippen LogP contribution in [0.4, 0.5) is 11.4 Å². The molecule has 0 saturated heterocycles. The molecule has 0 amide bonds. The Bertz CT molecular complexity index is 2110. The summed E-state index contributed by atoms with van der Waals surface area (Å²) >= 11 is 2.84. The van der Waals surface area contributed by atoms with Gasteiger partial charge in [0, 0.05) is 22.6 Å². The highest BCUT2D eigenvalue weighted by molar-refractivity contribution is 7.99. The summed E-state index contributed by atoms with van der Waals surface area (Å²) in [6.07, 6.45) is 7.03. The molecule has 0 spiro atoms. The SMILES string of the molecule is CCOC(=O)c1c(NC2=CCCc3c2nc2c(C(=O)OCC)n(-c4ccccc4)c(SC)c2c3N)c(C#N)c(SC)n1-c1ccccc1. The zero-order chi connectivity index (χ0) is 33.9. The summed E-state index contributed by atoms with van der Waals surface area (Å²) in [5.41, 5.74) is 12.4. The molecule has 244 valence electrons. The van der Waals surface area contributed by atoms with Crippen molar-refractivity contribution < 1.29 is 19.1 Å². The van der Waals surface area contributed by atoms with Crippen LogP contribution in [0, 0.1) is 11.3 Å². The van der Waals surface area contributed by atoms with E-state index in [1.54, 1.807) is 18.4 Å². The van der Waals surface area contributed by atoms with Crippen molar-refractivity contribution in [3.63, 3.8) is 0 Å². The first kappa shape index (κ1) is 32.8. The van der Waals surface area contributed by atoms with E-state index in [2.05, 4.69) is 11.4 Å². The van der Waals surface area contributed by atoms with Gasteiger partial charge < -0.3 is 20.5 Å². The molecule has 3 heterocycles. The molecule has 10 nitrogen and oxygen atoms in total. The van der Waals surface area contributed by atoms with Crippen LogP contribution in [0.25, 0.3) is 28.0 Å². The van der Waals surface area contributed by atoms with Gasteiger partial charge in [-0.25, -0.2) is 14.6 Å². The summed E-state index contributed by atoms with van der Waals surface area (Å²) in [4.78, 5) is 32.4. The van der Waals surface area contributed by atoms with E-state index in [0.717, 1.165) is 16.3 Å². The van der Waals surface area contributed by atoms with Gasteiger partial charge in [-0.05, 0) is 63.5 Å². The topological polar surface area (TPSA) is 137 Å². The number of nitrogen functional groups attached to an aromatic ring is 1. The van der Waals surface area contributed by atoms with E-state index in [4.69, 9.17) is 20.2 Å². The lowest BCUT2D eigenvalue weighted by Gasteiger charge is -2.21. The minimum Gasteiger partial charge on any atom is -0.461 e. The summed E-state index contributed by atoms with van der Waals surface area (Å²) in [5.74, 6) is -1.09. The van der Waals surface area contributed by atoms with Gasteiger partial charge in [-0.3, -0.25) is 9.13 Å². The summed E-state index contributed by atoms with van der Waals surface area (Å²) in [7, 11) is 0. The largest absolute Gasteiger partial charge is 0.461 e. The van der Waals surface area contributed by atoms with Gasteiger partial charge in [-0.2, -0.15) is 5.26 Å². The van der Waals surface area contributed by atoms with Crippen LogP contribution in [0.15, 0.2) is 76.8 Å². The Hall–Kier alpha value is -5.12. The number of nitrogens with two attached hydrogens (primary N) is 1. The number of para-hydroxylation sites is 2. The number of nitrogens with zero attached hydrogens (tertiary/aromatic N) is 4. The molecule has 48 heavy (non-hydrogen) atoms. The molecule has 0 bridgehead atoms. The summed E-state index contributed by atoms with van der Waals surface area (Å²) in [5, 5.41) is 15.9. The number of carbonyl (C=O) groups is 2. The normalized spacial score (nSPS) is 12.3. The zero-order valence-electron chi connectivity index (χ0n) is 27.0. The maximum absolute atomic E-state index is 13.7. The maximum atomic E-state index is 13.7. The number of benzene rings is 2. The first-order valence-electron chi connectivity index (χ1n) is 15.5. The predicted molar refractivity (Wildman–Crippen MR) is 191 cm³/mol. The van der Waals surface area contributed by atoms with Gasteiger partial charge in [0.05, 0.1) is 40.7 Å². The molecule has 2 aromatic carbocycles. The Morgan fingerprint density at radius 3 is 2.02 bits per heavy atom. The highest BCUT2D eigenvalue weighted by Gasteiger charge is 2.33. The van der Waals surface area contributed by atoms with Crippen LogP contribution < -0.4 is 11.1 Å². The fourth-order valence-electron chi connectivity index (χ4n) is 6.12. The number of carbonyl (C=O) groups excluding carboxylic acids is 2. The molecule has 0 atom stereocenters. The predicted octanol–water partition coefficient (Wildman–Crippen LogP) is 7.47. The third-order valence-electron chi connectivity index (χ3n) is 8.06. The number of hydrogen-bond acceptors (Lipinski definition) is 10. The van der Waals surface area contributed by atoms with Crippen LogP contribution >= 0.6 is 23.5 Å². The molecular formula is C36H34N6O4S2. The highest BCUT2D eigenvalue weighted by Crippen LogP contribution is 2.44. The van der Waals surface area contributed by atoms with Crippen LogP contribution in [-0.2, 0) is 15.9 Å². The summed E-state index contributed by atoms with van der Waals surface area (Å²) in [6.45, 7) is 3.85. The smallest absolute Gasteiger partial charge is 0.357 e. The Balaban J connectivity index is 1.61. The first-order chi connectivity index (χ1) is 23.4. The number of hydrogen-bond donors (Lipinski definition) is 2. The lowest BCUT2D eigenvalue weighted by molar-refractivity contribution is 0.0508. The number of ether oxygens (including phenoxy) is 2. The van der Waals surface area contributed by atoms with Gasteiger partial charge in [-0.1, -0.05) is 42.5 Å². The van der Waals surface area contributed by atoms with Gasteiger partial charge in [0.1, 0.15) is 22.2 Å². The van der Waals surface area contributed by atoms with E-state index in [1.165, 1.54) is 23.5 Å². The Morgan fingerprint density at radius 1 is 0.917 bits per heavy atom. The minimum absolute atomic E-state index is 0.156. The van der Waals surface area contributed by atoms with Gasteiger partial charge in [0.15, 0.2) is 11.4 Å². The molecule has 6 rings (SSSR count). The number of aromatic nitrogens is 3. The van der Waals surface area contributed by atoms with Crippen LogP contribution in [0.5, 0.6) is 0 Å². The van der Waals surface area contributed by atoms with E-state index in [-0.39, 0.29) is 24.6 Å². The van der Waals surface area contributed by atoms with Gasteiger partial charge in [-0.15, -0.1) is 23.5 Å². The third-order valence-corrected chi connectivity index (χ3v) is 9.60. The molecule has 0 saturated carbocycles. The second kappa shape index (κ2) is 13.9. The van der Waals surface area contributed by atoms with Crippen molar-refractivity contribution in [3.8, 4) is 17.4 Å². The molecule has 0 fully saturated rings. The number of esters is 2. The van der Waals surface area contributed by atoms with Crippen molar-refractivity contribution in [2.45, 2.75) is 36.7 Å². The van der Waals surface area contributed by atoms with Gasteiger partial charge in [0.25, 0.3) is 0 Å². The lowest BCUT2D eigenvalue weighted by atomic mass is 9.95. The lowest BCUT2D eigenvalue weighted by Crippen LogP contribution is -2.16. The van der Waals surface area contributed by atoms with Crippen molar-refractivity contribution in [1.82, 2.24) is 14.1 Å². The van der Waals surface area contributed by atoms with E-state index in [9.17, 15) is 14.9 Å². The fourth-order valence-corrected chi connectivity index (χ4v) is 7.64. The zero-order valence-corrected chi connectivity index (χ0v) is 28.6. The number of rotatable bonds is 10. The molecule has 0 aliphatic heterocycles. The Morgan fingerprint density at radius 2 is 1.48 bits per heavy atom. The highest BCUT2D eigenvalue weighted by atomic mass is 32.2. The van der Waals surface area contributed by atoms with Gasteiger partial charge in [0.2, 0.25) is 0 Å². The second-order valence-corrected chi connectivity index (χ2v) is 12.3. The van der Waals surface area contributed by atoms with Crippen LogP contribution in [0.1, 0.15) is 58.1 Å². The number of allylic oxidation sites excluding steroid dienone is 1. The standard InChI is InChI=1S/C36H34N6O4S2/c1-5-45-35(43)31-29(24(20-37)33(47-3)41(31)21-14-9-7-10-15-21)39-25-19-13-18-23-27(38)26-30(40-28(23)25)32(36(44)46-6-2)42(34(26)48-4)22-16-11-8-12-17-22/h7-12,14-17,19,39H,5-6,13,18,38H2,1-4H3. The molecule has 0 radical (unpaired) electrons. The van der Waals surface area contributed by atoms with Crippen LogP contribution in [-0.4, -0.2) is 51.8 Å².